The Labute approximate surface area is 186 Å². The molecule has 0 fully saturated rings. The molecule has 2 rings (SSSR count). The smallest absolute Gasteiger partial charge is 0.126 e. The Morgan fingerprint density at radius 2 is 1.50 bits per heavy atom. The van der Waals surface area contributed by atoms with Crippen LogP contribution < -0.4 is 4.74 Å². The molecule has 1 N–H and O–H groups in total. The Hall–Kier alpha value is -1.18. The third kappa shape index (κ3) is 7.50. The lowest BCUT2D eigenvalue weighted by molar-refractivity contribution is 0.0512. The van der Waals surface area contributed by atoms with Crippen molar-refractivity contribution in [2.24, 2.45) is 17.8 Å². The van der Waals surface area contributed by atoms with E-state index in [1.807, 2.05) is 13.0 Å². The number of hydrogen-bond acceptors (Lipinski definition) is 2. The number of benzene rings is 1. The molecule has 0 unspecified atom stereocenters. The molecular formula is C28H48O2. The van der Waals surface area contributed by atoms with Gasteiger partial charge < -0.3 is 9.84 Å². The molecule has 0 amide bonds. The summed E-state index contributed by atoms with van der Waals surface area (Å²) >= 11 is 0. The predicted molar refractivity (Wildman–Crippen MR) is 130 cm³/mol. The lowest BCUT2D eigenvalue weighted by atomic mass is 9.84. The van der Waals surface area contributed by atoms with Crippen LogP contribution in [0.2, 0.25) is 0 Å². The van der Waals surface area contributed by atoms with Gasteiger partial charge in [0.1, 0.15) is 17.1 Å². The zero-order valence-corrected chi connectivity index (χ0v) is 20.9. The standard InChI is InChI=1S/C28H48O2/c1-20(2)11-8-12-21(3)13-9-14-22(4)15-10-17-28(7)18-16-25-24(6)26(29)19-23(5)27(25)30-28/h19-22,29H,8-18H2,1-7H3/t21-,22+,28-/m0/s1. The maximum absolute atomic E-state index is 10.1. The van der Waals surface area contributed by atoms with E-state index in [-0.39, 0.29) is 5.60 Å². The molecule has 1 aromatic carbocycles. The monoisotopic (exact) mass is 416 g/mol. The molecule has 1 aromatic rings. The number of phenolic OH excluding ortho intramolecular Hbond substituents is 1. The summed E-state index contributed by atoms with van der Waals surface area (Å²) in [6.45, 7) is 15.9. The summed E-state index contributed by atoms with van der Waals surface area (Å²) in [5.41, 5.74) is 3.20. The first-order chi connectivity index (χ1) is 14.1. The topological polar surface area (TPSA) is 29.5 Å². The van der Waals surface area contributed by atoms with Crippen molar-refractivity contribution in [2.45, 2.75) is 125 Å². The van der Waals surface area contributed by atoms with Crippen LogP contribution in [0.5, 0.6) is 11.5 Å². The molecule has 1 aliphatic rings. The SMILES string of the molecule is Cc1cc(O)c(C)c2c1O[C@@](C)(CCC[C@H](C)CCC[C@@H](C)CCCC(C)C)CC2. The van der Waals surface area contributed by atoms with Crippen molar-refractivity contribution in [3.8, 4) is 11.5 Å². The van der Waals surface area contributed by atoms with Crippen molar-refractivity contribution in [3.63, 3.8) is 0 Å². The Kier molecular flexibility index (Phi) is 9.57. The van der Waals surface area contributed by atoms with Gasteiger partial charge in [0.05, 0.1) is 0 Å². The summed E-state index contributed by atoms with van der Waals surface area (Å²) < 4.78 is 6.52. The minimum absolute atomic E-state index is 0.0637. The summed E-state index contributed by atoms with van der Waals surface area (Å²) in [6, 6.07) is 1.85. The second-order valence-electron chi connectivity index (χ2n) is 11.1. The summed E-state index contributed by atoms with van der Waals surface area (Å²) in [5, 5.41) is 10.1. The minimum Gasteiger partial charge on any atom is -0.508 e. The normalized spacial score (nSPS) is 20.7. The van der Waals surface area contributed by atoms with Gasteiger partial charge in [-0.1, -0.05) is 72.6 Å². The molecule has 2 nitrogen and oxygen atoms in total. The summed E-state index contributed by atoms with van der Waals surface area (Å²) in [4.78, 5) is 0. The molecule has 0 spiro atoms. The van der Waals surface area contributed by atoms with Crippen molar-refractivity contribution in [3.05, 3.63) is 22.8 Å². The highest BCUT2D eigenvalue weighted by atomic mass is 16.5. The Balaban J connectivity index is 1.69. The third-order valence-corrected chi connectivity index (χ3v) is 7.35. The van der Waals surface area contributed by atoms with Crippen LogP contribution in [-0.2, 0) is 6.42 Å². The first-order valence-corrected chi connectivity index (χ1v) is 12.6. The molecule has 0 saturated carbocycles. The number of fused-ring (bicyclic) bond motifs is 1. The molecule has 1 aliphatic heterocycles. The van der Waals surface area contributed by atoms with E-state index in [9.17, 15) is 5.11 Å². The quantitative estimate of drug-likeness (QED) is 0.370. The van der Waals surface area contributed by atoms with E-state index in [0.29, 0.717) is 5.75 Å². The van der Waals surface area contributed by atoms with Gasteiger partial charge in [-0.2, -0.15) is 0 Å². The van der Waals surface area contributed by atoms with Gasteiger partial charge in [0.25, 0.3) is 0 Å². The highest BCUT2D eigenvalue weighted by Gasteiger charge is 2.33. The van der Waals surface area contributed by atoms with E-state index >= 15 is 0 Å². The van der Waals surface area contributed by atoms with Crippen LogP contribution in [0.25, 0.3) is 0 Å². The van der Waals surface area contributed by atoms with Crippen LogP contribution in [0, 0.1) is 31.6 Å². The number of hydrogen-bond donors (Lipinski definition) is 1. The van der Waals surface area contributed by atoms with Gasteiger partial charge in [-0.15, -0.1) is 0 Å². The van der Waals surface area contributed by atoms with Gasteiger partial charge >= 0.3 is 0 Å². The lowest BCUT2D eigenvalue weighted by Gasteiger charge is -2.37. The zero-order chi connectivity index (χ0) is 22.3. The maximum atomic E-state index is 10.1. The van der Waals surface area contributed by atoms with Crippen LogP contribution in [0.3, 0.4) is 0 Å². The van der Waals surface area contributed by atoms with Gasteiger partial charge in [-0.25, -0.2) is 0 Å². The van der Waals surface area contributed by atoms with Crippen molar-refractivity contribution in [2.75, 3.05) is 0 Å². The van der Waals surface area contributed by atoms with Gasteiger partial charge in [-0.3, -0.25) is 0 Å². The zero-order valence-electron chi connectivity index (χ0n) is 20.9. The van der Waals surface area contributed by atoms with Crippen LogP contribution >= 0.6 is 0 Å². The molecule has 3 atom stereocenters. The molecular weight excluding hydrogens is 368 g/mol. The molecule has 0 radical (unpaired) electrons. The first-order valence-electron chi connectivity index (χ1n) is 12.6. The van der Waals surface area contributed by atoms with Gasteiger partial charge in [0, 0.05) is 5.56 Å². The van der Waals surface area contributed by atoms with Crippen molar-refractivity contribution in [1.82, 2.24) is 0 Å². The van der Waals surface area contributed by atoms with E-state index in [4.69, 9.17) is 4.74 Å². The molecule has 0 aromatic heterocycles. The molecule has 0 saturated heterocycles. The number of aromatic hydroxyl groups is 1. The second-order valence-corrected chi connectivity index (χ2v) is 11.1. The number of rotatable bonds is 12. The number of phenols is 1. The van der Waals surface area contributed by atoms with E-state index in [2.05, 4.69) is 41.5 Å². The van der Waals surface area contributed by atoms with Gasteiger partial charge in [0.2, 0.25) is 0 Å². The van der Waals surface area contributed by atoms with Crippen molar-refractivity contribution in [1.29, 1.82) is 0 Å². The predicted octanol–water partition coefficient (Wildman–Crippen LogP) is 8.53. The molecule has 2 heteroatoms. The second kappa shape index (κ2) is 11.4. The summed E-state index contributed by atoms with van der Waals surface area (Å²) in [5.74, 6) is 3.98. The van der Waals surface area contributed by atoms with Gasteiger partial charge in [0.15, 0.2) is 0 Å². The first kappa shape index (κ1) is 25.1. The third-order valence-electron chi connectivity index (χ3n) is 7.35. The van der Waals surface area contributed by atoms with E-state index in [0.717, 1.165) is 53.9 Å². The van der Waals surface area contributed by atoms with E-state index in [1.165, 1.54) is 56.9 Å². The average molecular weight is 417 g/mol. The lowest BCUT2D eigenvalue weighted by Crippen LogP contribution is -2.37. The van der Waals surface area contributed by atoms with Crippen LogP contribution in [0.1, 0.15) is 116 Å². The van der Waals surface area contributed by atoms with Gasteiger partial charge in [-0.05, 0) is 81.4 Å². The van der Waals surface area contributed by atoms with Crippen LogP contribution in [0.15, 0.2) is 6.07 Å². The fourth-order valence-electron chi connectivity index (χ4n) is 5.05. The number of aryl methyl sites for hydroxylation is 1. The largest absolute Gasteiger partial charge is 0.508 e. The van der Waals surface area contributed by atoms with Crippen LogP contribution in [-0.4, -0.2) is 10.7 Å². The molecule has 0 aliphatic carbocycles. The summed E-state index contributed by atoms with van der Waals surface area (Å²) in [6.07, 6.45) is 14.1. The van der Waals surface area contributed by atoms with Crippen LogP contribution in [0.4, 0.5) is 0 Å². The Morgan fingerprint density at radius 3 is 2.10 bits per heavy atom. The van der Waals surface area contributed by atoms with E-state index < -0.39 is 0 Å². The fourth-order valence-corrected chi connectivity index (χ4v) is 5.05. The summed E-state index contributed by atoms with van der Waals surface area (Å²) in [7, 11) is 0. The average Bonchev–Trinajstić information content (AvgIpc) is 2.66. The van der Waals surface area contributed by atoms with Crippen molar-refractivity contribution >= 4 is 0 Å². The fraction of sp³-hybridized carbons (Fsp3) is 0.786. The minimum atomic E-state index is -0.0637. The molecule has 172 valence electrons. The maximum Gasteiger partial charge on any atom is 0.126 e. The number of ether oxygens (including phenoxy) is 1. The highest BCUT2D eigenvalue weighted by Crippen LogP contribution is 2.42. The highest BCUT2D eigenvalue weighted by molar-refractivity contribution is 5.53. The Morgan fingerprint density at radius 1 is 0.933 bits per heavy atom. The molecule has 30 heavy (non-hydrogen) atoms. The Bertz CT molecular complexity index is 663. The van der Waals surface area contributed by atoms with E-state index in [1.54, 1.807) is 0 Å². The van der Waals surface area contributed by atoms with Crippen molar-refractivity contribution < 1.29 is 9.84 Å². The molecule has 1 heterocycles. The molecule has 0 bridgehead atoms.